The van der Waals surface area contributed by atoms with Crippen molar-refractivity contribution in [3.63, 3.8) is 0 Å². The monoisotopic (exact) mass is 360 g/mol. The highest BCUT2D eigenvalue weighted by atomic mass is 16.6. The maximum atomic E-state index is 12.5. The number of hydrogen-bond acceptors (Lipinski definition) is 5. The minimum Gasteiger partial charge on any atom is -0.466 e. The summed E-state index contributed by atoms with van der Waals surface area (Å²) in [6.07, 6.45) is 10.2. The average molecular weight is 360 g/mol. The summed E-state index contributed by atoms with van der Waals surface area (Å²) in [6, 6.07) is 0. The van der Waals surface area contributed by atoms with Gasteiger partial charge < -0.3 is 19.7 Å². The van der Waals surface area contributed by atoms with E-state index in [9.17, 15) is 15.0 Å². The number of ether oxygens (including phenoxy) is 2. The van der Waals surface area contributed by atoms with E-state index in [2.05, 4.69) is 20.3 Å². The number of carbonyl (C=O) groups excluding carboxylic acids is 1. The van der Waals surface area contributed by atoms with Crippen LogP contribution in [-0.2, 0) is 14.3 Å². The topological polar surface area (TPSA) is 76.0 Å². The van der Waals surface area contributed by atoms with Crippen molar-refractivity contribution in [3.05, 3.63) is 41.9 Å². The Morgan fingerprint density at radius 1 is 1.38 bits per heavy atom. The van der Waals surface area contributed by atoms with Crippen LogP contribution in [0, 0.1) is 30.1 Å². The van der Waals surface area contributed by atoms with Crippen molar-refractivity contribution in [2.24, 2.45) is 23.7 Å². The summed E-state index contributed by atoms with van der Waals surface area (Å²) < 4.78 is 10.8. The Hall–Kier alpha value is -1.43. The van der Waals surface area contributed by atoms with E-state index in [1.165, 1.54) is 13.2 Å². The number of aliphatic hydroxyl groups excluding tert-OH is 1. The summed E-state index contributed by atoms with van der Waals surface area (Å²) in [7, 11) is 1.29. The summed E-state index contributed by atoms with van der Waals surface area (Å²) in [5.41, 5.74) is 0.233. The highest BCUT2D eigenvalue weighted by Gasteiger charge is 2.50. The fraction of sp³-hybridized carbons (Fsp3) is 0.619. The SMILES string of the molecule is COC(=O)/C1=C/[C@@H]2[C@H](C(C)C)[C@@H](O)C=C(C)[C@H]2C[C][C@]2(C)C=C[C@]1(O)O2. The van der Waals surface area contributed by atoms with E-state index in [0.717, 1.165) is 5.57 Å². The van der Waals surface area contributed by atoms with Gasteiger partial charge >= 0.3 is 5.97 Å². The third-order valence-electron chi connectivity index (χ3n) is 5.91. The van der Waals surface area contributed by atoms with E-state index in [4.69, 9.17) is 9.47 Å². The van der Waals surface area contributed by atoms with Crippen molar-refractivity contribution in [2.45, 2.75) is 51.6 Å². The van der Waals surface area contributed by atoms with Crippen molar-refractivity contribution in [1.82, 2.24) is 0 Å². The lowest BCUT2D eigenvalue weighted by Crippen LogP contribution is -2.41. The molecule has 3 aliphatic rings. The van der Waals surface area contributed by atoms with Gasteiger partial charge in [0.1, 0.15) is 0 Å². The van der Waals surface area contributed by atoms with Gasteiger partial charge in [0.25, 0.3) is 0 Å². The maximum Gasteiger partial charge on any atom is 0.339 e. The molecule has 0 aromatic rings. The van der Waals surface area contributed by atoms with Crippen LogP contribution in [0.15, 0.2) is 35.5 Å². The van der Waals surface area contributed by atoms with E-state index in [0.29, 0.717) is 6.42 Å². The quantitative estimate of drug-likeness (QED) is 0.584. The maximum absolute atomic E-state index is 12.5. The Kier molecular flexibility index (Phi) is 4.93. The predicted molar refractivity (Wildman–Crippen MR) is 96.6 cm³/mol. The molecule has 6 atom stereocenters. The molecule has 142 valence electrons. The Morgan fingerprint density at radius 2 is 2.08 bits per heavy atom. The van der Waals surface area contributed by atoms with Gasteiger partial charge in [-0.2, -0.15) is 0 Å². The molecule has 3 rings (SSSR count). The van der Waals surface area contributed by atoms with Crippen LogP contribution < -0.4 is 0 Å². The number of allylic oxidation sites excluding steroid dienone is 2. The Balaban J connectivity index is 2.17. The van der Waals surface area contributed by atoms with Crippen molar-refractivity contribution < 1.29 is 24.5 Å². The lowest BCUT2D eigenvalue weighted by molar-refractivity contribution is -0.177. The molecule has 2 bridgehead atoms. The van der Waals surface area contributed by atoms with E-state index in [1.54, 1.807) is 12.2 Å². The van der Waals surface area contributed by atoms with Crippen LogP contribution in [0.1, 0.15) is 34.1 Å². The summed E-state index contributed by atoms with van der Waals surface area (Å²) in [5.74, 6) is -2.45. The smallest absolute Gasteiger partial charge is 0.339 e. The molecule has 0 spiro atoms. The molecule has 2 heterocycles. The van der Waals surface area contributed by atoms with Crippen molar-refractivity contribution in [2.75, 3.05) is 7.11 Å². The van der Waals surface area contributed by atoms with Gasteiger partial charge in [-0.15, -0.1) is 0 Å². The highest BCUT2D eigenvalue weighted by Crippen LogP contribution is 2.47. The molecule has 0 aromatic heterocycles. The molecule has 1 aliphatic carbocycles. The number of fused-ring (bicyclic) bond motifs is 3. The molecule has 0 unspecified atom stereocenters. The van der Waals surface area contributed by atoms with Gasteiger partial charge in [-0.1, -0.05) is 37.6 Å². The van der Waals surface area contributed by atoms with Crippen LogP contribution in [0.3, 0.4) is 0 Å². The van der Waals surface area contributed by atoms with E-state index in [1.807, 2.05) is 19.9 Å². The number of esters is 1. The fourth-order valence-electron chi connectivity index (χ4n) is 4.52. The summed E-state index contributed by atoms with van der Waals surface area (Å²) in [5, 5.41) is 21.7. The first-order valence-electron chi connectivity index (χ1n) is 9.15. The van der Waals surface area contributed by atoms with Gasteiger partial charge in [0, 0.05) is 6.42 Å². The second-order valence-electron chi connectivity index (χ2n) is 8.10. The van der Waals surface area contributed by atoms with Gasteiger partial charge in [0.2, 0.25) is 5.79 Å². The first-order valence-corrected chi connectivity index (χ1v) is 9.15. The molecule has 5 heteroatoms. The van der Waals surface area contributed by atoms with E-state index >= 15 is 0 Å². The number of aliphatic hydroxyl groups is 2. The number of carbonyl (C=O) groups is 1. The Morgan fingerprint density at radius 3 is 2.69 bits per heavy atom. The second kappa shape index (κ2) is 6.63. The van der Waals surface area contributed by atoms with Crippen LogP contribution in [0.5, 0.6) is 0 Å². The van der Waals surface area contributed by atoms with Crippen LogP contribution in [0.25, 0.3) is 0 Å². The molecular formula is C21H28O5. The second-order valence-corrected chi connectivity index (χ2v) is 8.10. The lowest BCUT2D eigenvalue weighted by atomic mass is 9.64. The normalized spacial score (nSPS) is 44.3. The van der Waals surface area contributed by atoms with Crippen molar-refractivity contribution in [1.29, 1.82) is 0 Å². The number of rotatable bonds is 2. The molecule has 0 fully saturated rings. The predicted octanol–water partition coefficient (Wildman–Crippen LogP) is 2.43. The van der Waals surface area contributed by atoms with E-state index < -0.39 is 23.5 Å². The molecule has 2 N–H and O–H groups in total. The van der Waals surface area contributed by atoms with Crippen LogP contribution in [0.4, 0.5) is 0 Å². The summed E-state index contributed by atoms with van der Waals surface area (Å²) >= 11 is 0. The lowest BCUT2D eigenvalue weighted by Gasteiger charge is -2.41. The molecule has 0 saturated carbocycles. The van der Waals surface area contributed by atoms with Crippen LogP contribution in [-0.4, -0.2) is 40.8 Å². The molecule has 26 heavy (non-hydrogen) atoms. The molecular weight excluding hydrogens is 332 g/mol. The molecule has 0 saturated heterocycles. The van der Waals surface area contributed by atoms with Gasteiger partial charge in [-0.25, -0.2) is 4.79 Å². The standard InChI is InChI=1S/C21H28O5/c1-12(2)18-15-11-16(19(23)25-5)21(24)9-8-20(4,26-21)7-6-14(15)13(3)10-17(18)22/h8-12,14-15,17-18,22,24H,6H2,1-5H3/b16-11-/t14-,15+,17+,18+,20-,21+/m1/s1. The fourth-order valence-corrected chi connectivity index (χ4v) is 4.52. The average Bonchev–Trinajstić information content (AvgIpc) is 2.88. The third kappa shape index (κ3) is 3.17. The van der Waals surface area contributed by atoms with Crippen molar-refractivity contribution >= 4 is 5.97 Å². The van der Waals surface area contributed by atoms with E-state index in [-0.39, 0.29) is 29.2 Å². The zero-order valence-electron chi connectivity index (χ0n) is 16.0. The molecule has 2 radical (unpaired) electrons. The molecule has 0 amide bonds. The van der Waals surface area contributed by atoms with Crippen molar-refractivity contribution in [3.8, 4) is 0 Å². The minimum atomic E-state index is -1.86. The Bertz CT molecular complexity index is 676. The summed E-state index contributed by atoms with van der Waals surface area (Å²) in [6.45, 7) is 7.93. The van der Waals surface area contributed by atoms with Crippen LogP contribution in [0.2, 0.25) is 0 Å². The van der Waals surface area contributed by atoms with Crippen LogP contribution >= 0.6 is 0 Å². The first-order chi connectivity index (χ1) is 12.1. The molecule has 5 nitrogen and oxygen atoms in total. The van der Waals surface area contributed by atoms with Gasteiger partial charge in [0.05, 0.1) is 24.4 Å². The zero-order valence-corrected chi connectivity index (χ0v) is 16.0. The highest BCUT2D eigenvalue weighted by molar-refractivity contribution is 5.91. The third-order valence-corrected chi connectivity index (χ3v) is 5.91. The van der Waals surface area contributed by atoms with Gasteiger partial charge in [-0.05, 0) is 50.0 Å². The Labute approximate surface area is 155 Å². The number of hydrogen-bond donors (Lipinski definition) is 2. The van der Waals surface area contributed by atoms with Gasteiger partial charge in [0.15, 0.2) is 0 Å². The summed E-state index contributed by atoms with van der Waals surface area (Å²) in [4.78, 5) is 12.5. The zero-order chi connectivity index (χ0) is 19.3. The molecule has 2 aliphatic heterocycles. The minimum absolute atomic E-state index is 0.0613. The first kappa shape index (κ1) is 19.3. The molecule has 0 aromatic carbocycles. The van der Waals surface area contributed by atoms with Gasteiger partial charge in [-0.3, -0.25) is 0 Å². The number of methoxy groups -OCH3 is 1. The largest absolute Gasteiger partial charge is 0.466 e.